The van der Waals surface area contributed by atoms with E-state index in [2.05, 4.69) is 13.8 Å². The topological polar surface area (TPSA) is 29.5 Å². The Balaban J connectivity index is 1.97. The van der Waals surface area contributed by atoms with Crippen LogP contribution >= 0.6 is 0 Å². The number of nitrogens with zero attached hydrogens (tertiary/aromatic N) is 1. The van der Waals surface area contributed by atoms with Gasteiger partial charge < -0.3 is 9.64 Å². The molecule has 0 aromatic rings. The van der Waals surface area contributed by atoms with E-state index in [-0.39, 0.29) is 11.7 Å². The van der Waals surface area contributed by atoms with E-state index in [4.69, 9.17) is 4.74 Å². The molecule has 0 aromatic heterocycles. The highest BCUT2D eigenvalue weighted by molar-refractivity contribution is 5.68. The van der Waals surface area contributed by atoms with Gasteiger partial charge >= 0.3 is 6.09 Å². The van der Waals surface area contributed by atoms with E-state index in [1.54, 1.807) is 0 Å². The van der Waals surface area contributed by atoms with Gasteiger partial charge in [0.05, 0.1) is 0 Å². The minimum absolute atomic E-state index is 0.0645. The van der Waals surface area contributed by atoms with Crippen LogP contribution in [0.3, 0.4) is 0 Å². The van der Waals surface area contributed by atoms with Crippen LogP contribution in [-0.2, 0) is 4.74 Å². The summed E-state index contributed by atoms with van der Waals surface area (Å²) in [5.41, 5.74) is -0.188. The Labute approximate surface area is 111 Å². The van der Waals surface area contributed by atoms with Gasteiger partial charge in [0.2, 0.25) is 0 Å². The van der Waals surface area contributed by atoms with Crippen LogP contribution in [0, 0.1) is 5.92 Å². The van der Waals surface area contributed by atoms with Crippen molar-refractivity contribution in [2.24, 2.45) is 5.92 Å². The van der Waals surface area contributed by atoms with Crippen LogP contribution in [0.4, 0.5) is 4.79 Å². The van der Waals surface area contributed by atoms with Crippen LogP contribution in [0.25, 0.3) is 0 Å². The van der Waals surface area contributed by atoms with Crippen LogP contribution in [0.2, 0.25) is 0 Å². The van der Waals surface area contributed by atoms with Crippen molar-refractivity contribution < 1.29 is 9.53 Å². The summed E-state index contributed by atoms with van der Waals surface area (Å²) in [7, 11) is 0. The van der Waals surface area contributed by atoms with Crippen LogP contribution < -0.4 is 0 Å². The molecule has 3 nitrogen and oxygen atoms in total. The molecule has 2 aliphatic rings. The summed E-state index contributed by atoms with van der Waals surface area (Å²) >= 11 is 0. The molecule has 1 aliphatic carbocycles. The van der Waals surface area contributed by atoms with Crippen molar-refractivity contribution in [1.82, 2.24) is 4.90 Å². The third kappa shape index (κ3) is 2.99. The third-order valence-corrected chi connectivity index (χ3v) is 4.66. The van der Waals surface area contributed by atoms with Crippen LogP contribution in [0.1, 0.15) is 65.2 Å². The molecule has 2 fully saturated rings. The minimum Gasteiger partial charge on any atom is -0.443 e. The zero-order valence-corrected chi connectivity index (χ0v) is 11.9. The first-order chi connectivity index (χ1) is 8.64. The van der Waals surface area contributed by atoms with E-state index in [9.17, 15) is 4.79 Å². The maximum Gasteiger partial charge on any atom is 0.410 e. The Morgan fingerprint density at radius 3 is 2.11 bits per heavy atom. The first-order valence-electron chi connectivity index (χ1n) is 7.62. The zero-order chi connectivity index (χ0) is 13.0. The SMILES string of the molecule is CC(C)C1(OC(=O)N2CCCCC2)CCCCC1. The average molecular weight is 253 g/mol. The Bertz CT molecular complexity index is 276. The van der Waals surface area contributed by atoms with Crippen LogP contribution in [0.5, 0.6) is 0 Å². The summed E-state index contributed by atoms with van der Waals surface area (Å²) in [6.07, 6.45) is 9.22. The maximum atomic E-state index is 12.3. The molecule has 0 spiro atoms. The summed E-state index contributed by atoms with van der Waals surface area (Å²) < 4.78 is 5.97. The molecule has 0 N–H and O–H groups in total. The lowest BCUT2D eigenvalue weighted by molar-refractivity contribution is -0.0652. The normalized spacial score (nSPS) is 24.1. The Morgan fingerprint density at radius 1 is 1.00 bits per heavy atom. The molecular formula is C15H27NO2. The monoisotopic (exact) mass is 253 g/mol. The fourth-order valence-corrected chi connectivity index (χ4v) is 3.26. The van der Waals surface area contributed by atoms with Crippen molar-refractivity contribution in [2.75, 3.05) is 13.1 Å². The molecule has 1 amide bonds. The number of carbonyl (C=O) groups is 1. The second kappa shape index (κ2) is 5.94. The molecule has 104 valence electrons. The molecule has 0 radical (unpaired) electrons. The number of carbonyl (C=O) groups excluding carboxylic acids is 1. The smallest absolute Gasteiger partial charge is 0.410 e. The van der Waals surface area contributed by atoms with Crippen LogP contribution in [0.15, 0.2) is 0 Å². The van der Waals surface area contributed by atoms with E-state index in [1.807, 2.05) is 4.90 Å². The van der Waals surface area contributed by atoms with Crippen molar-refractivity contribution >= 4 is 6.09 Å². The highest BCUT2D eigenvalue weighted by atomic mass is 16.6. The summed E-state index contributed by atoms with van der Waals surface area (Å²) in [6.45, 7) is 6.14. The second-order valence-corrected chi connectivity index (χ2v) is 6.20. The first-order valence-corrected chi connectivity index (χ1v) is 7.62. The lowest BCUT2D eigenvalue weighted by Gasteiger charge is -2.41. The van der Waals surface area contributed by atoms with Crippen LogP contribution in [-0.4, -0.2) is 29.7 Å². The molecular weight excluding hydrogens is 226 g/mol. The number of hydrogen-bond donors (Lipinski definition) is 0. The lowest BCUT2D eigenvalue weighted by atomic mass is 9.77. The number of piperidine rings is 1. The van der Waals surface area contributed by atoms with Gasteiger partial charge in [0.25, 0.3) is 0 Å². The number of likely N-dealkylation sites (tertiary alicyclic amines) is 1. The molecule has 0 aromatic carbocycles. The van der Waals surface area contributed by atoms with Crippen molar-refractivity contribution in [3.05, 3.63) is 0 Å². The fraction of sp³-hybridized carbons (Fsp3) is 0.933. The predicted molar refractivity (Wildman–Crippen MR) is 72.6 cm³/mol. The van der Waals surface area contributed by atoms with E-state index >= 15 is 0 Å². The number of amides is 1. The summed E-state index contributed by atoms with van der Waals surface area (Å²) in [5, 5.41) is 0. The standard InChI is InChI=1S/C15H27NO2/c1-13(2)15(9-5-3-6-10-15)18-14(17)16-11-7-4-8-12-16/h13H,3-12H2,1-2H3. The minimum atomic E-state index is -0.188. The quantitative estimate of drug-likeness (QED) is 0.745. The Hall–Kier alpha value is -0.730. The molecule has 1 heterocycles. The van der Waals surface area contributed by atoms with Gasteiger partial charge in [0.15, 0.2) is 0 Å². The first kappa shape index (κ1) is 13.7. The summed E-state index contributed by atoms with van der Waals surface area (Å²) in [4.78, 5) is 14.2. The second-order valence-electron chi connectivity index (χ2n) is 6.20. The maximum absolute atomic E-state index is 12.3. The zero-order valence-electron chi connectivity index (χ0n) is 11.9. The molecule has 3 heteroatoms. The average Bonchev–Trinajstić information content (AvgIpc) is 2.40. The Morgan fingerprint density at radius 2 is 1.56 bits per heavy atom. The van der Waals surface area contributed by atoms with Crippen molar-refractivity contribution in [2.45, 2.75) is 70.8 Å². The van der Waals surface area contributed by atoms with E-state index in [0.717, 1.165) is 38.8 Å². The Kier molecular flexibility index (Phi) is 4.52. The van der Waals surface area contributed by atoms with Gasteiger partial charge in [0, 0.05) is 13.1 Å². The molecule has 1 saturated heterocycles. The molecule has 1 aliphatic heterocycles. The molecule has 18 heavy (non-hydrogen) atoms. The highest BCUT2D eigenvalue weighted by Crippen LogP contribution is 2.38. The van der Waals surface area contributed by atoms with Gasteiger partial charge in [-0.25, -0.2) is 4.79 Å². The molecule has 1 saturated carbocycles. The lowest BCUT2D eigenvalue weighted by Crippen LogP contribution is -2.47. The molecule has 2 rings (SSSR count). The van der Waals surface area contributed by atoms with Gasteiger partial charge in [-0.2, -0.15) is 0 Å². The fourth-order valence-electron chi connectivity index (χ4n) is 3.26. The van der Waals surface area contributed by atoms with Gasteiger partial charge in [-0.3, -0.25) is 0 Å². The number of hydrogen-bond acceptors (Lipinski definition) is 2. The van der Waals surface area contributed by atoms with Gasteiger partial charge in [0.1, 0.15) is 5.60 Å². The van der Waals surface area contributed by atoms with E-state index in [0.29, 0.717) is 5.92 Å². The molecule has 0 atom stereocenters. The van der Waals surface area contributed by atoms with E-state index < -0.39 is 0 Å². The highest BCUT2D eigenvalue weighted by Gasteiger charge is 2.40. The van der Waals surface area contributed by atoms with Gasteiger partial charge in [-0.1, -0.05) is 20.3 Å². The number of rotatable bonds is 2. The summed E-state index contributed by atoms with van der Waals surface area (Å²) in [6, 6.07) is 0. The van der Waals surface area contributed by atoms with E-state index in [1.165, 1.54) is 25.7 Å². The third-order valence-electron chi connectivity index (χ3n) is 4.66. The van der Waals surface area contributed by atoms with Gasteiger partial charge in [-0.15, -0.1) is 0 Å². The molecule has 0 bridgehead atoms. The van der Waals surface area contributed by atoms with Gasteiger partial charge in [-0.05, 0) is 50.9 Å². The largest absolute Gasteiger partial charge is 0.443 e. The number of ether oxygens (including phenoxy) is 1. The predicted octanol–water partition coefficient (Wildman–Crippen LogP) is 3.97. The summed E-state index contributed by atoms with van der Waals surface area (Å²) in [5.74, 6) is 0.423. The molecule has 0 unspecified atom stereocenters. The van der Waals surface area contributed by atoms with Crippen molar-refractivity contribution in [3.8, 4) is 0 Å². The van der Waals surface area contributed by atoms with Crippen molar-refractivity contribution in [1.29, 1.82) is 0 Å². The van der Waals surface area contributed by atoms with Crippen molar-refractivity contribution in [3.63, 3.8) is 0 Å².